The van der Waals surface area contributed by atoms with Crippen molar-refractivity contribution in [1.29, 1.82) is 0 Å². The summed E-state index contributed by atoms with van der Waals surface area (Å²) in [5.74, 6) is 0. The molecule has 3 heteroatoms. The minimum Gasteiger partial charge on any atom is -0.309 e. The predicted molar refractivity (Wildman–Crippen MR) is 157 cm³/mol. The average Bonchev–Trinajstić information content (AvgIpc) is 3.43. The summed E-state index contributed by atoms with van der Waals surface area (Å²) in [4.78, 5) is 9.76. The zero-order valence-corrected chi connectivity index (χ0v) is 21.3. The third-order valence-corrected chi connectivity index (χ3v) is 8.19. The van der Waals surface area contributed by atoms with Gasteiger partial charge in [0.15, 0.2) is 0 Å². The maximum absolute atomic E-state index is 5.12. The summed E-state index contributed by atoms with van der Waals surface area (Å²) in [7, 11) is 0. The van der Waals surface area contributed by atoms with Gasteiger partial charge >= 0.3 is 0 Å². The van der Waals surface area contributed by atoms with Crippen molar-refractivity contribution in [2.45, 2.75) is 19.3 Å². The molecule has 4 aromatic carbocycles. The molecule has 0 radical (unpaired) electrons. The second-order valence-corrected chi connectivity index (χ2v) is 10.7. The molecule has 38 heavy (non-hydrogen) atoms. The maximum Gasteiger partial charge on any atom is 0.0972 e. The number of hydrogen-bond donors (Lipinski definition) is 0. The van der Waals surface area contributed by atoms with Crippen LogP contribution in [0.3, 0.4) is 0 Å². The van der Waals surface area contributed by atoms with Gasteiger partial charge in [-0.1, -0.05) is 92.7 Å². The van der Waals surface area contributed by atoms with E-state index in [1.54, 1.807) is 0 Å². The van der Waals surface area contributed by atoms with E-state index in [1.807, 2.05) is 12.3 Å². The van der Waals surface area contributed by atoms with Crippen LogP contribution in [0.25, 0.3) is 60.9 Å². The molecule has 0 bridgehead atoms. The molecular weight excluding hydrogens is 462 g/mol. The Labute approximate surface area is 221 Å². The summed E-state index contributed by atoms with van der Waals surface area (Å²) in [6.07, 6.45) is 1.84. The molecule has 0 N–H and O–H groups in total. The Hall–Kier alpha value is -4.76. The number of fused-ring (bicyclic) bond motifs is 8. The molecule has 3 heterocycles. The van der Waals surface area contributed by atoms with Crippen molar-refractivity contribution in [3.05, 3.63) is 127 Å². The predicted octanol–water partition coefficient (Wildman–Crippen LogP) is 8.70. The lowest BCUT2D eigenvalue weighted by Gasteiger charge is -2.21. The van der Waals surface area contributed by atoms with E-state index in [4.69, 9.17) is 4.98 Å². The van der Waals surface area contributed by atoms with Crippen LogP contribution in [0.1, 0.15) is 25.0 Å². The van der Waals surface area contributed by atoms with E-state index in [9.17, 15) is 0 Å². The van der Waals surface area contributed by atoms with E-state index < -0.39 is 0 Å². The molecule has 1 aliphatic carbocycles. The fourth-order valence-corrected chi connectivity index (χ4v) is 6.45. The molecule has 0 aliphatic heterocycles. The Morgan fingerprint density at radius 2 is 1.47 bits per heavy atom. The van der Waals surface area contributed by atoms with Gasteiger partial charge in [0.2, 0.25) is 0 Å². The Bertz CT molecular complexity index is 2060. The van der Waals surface area contributed by atoms with Crippen LogP contribution in [0.2, 0.25) is 0 Å². The minimum atomic E-state index is -0.0671. The molecule has 0 spiro atoms. The van der Waals surface area contributed by atoms with Gasteiger partial charge in [-0.05, 0) is 41.5 Å². The SMILES string of the molecule is CC1(C)c2ccccc2-c2c1c1ccccc1n2-c1cccc(-c2ccc3ccc4cccnc4c3n2)c1. The molecule has 180 valence electrons. The highest BCUT2D eigenvalue weighted by atomic mass is 15.0. The highest BCUT2D eigenvalue weighted by Gasteiger charge is 2.40. The van der Waals surface area contributed by atoms with E-state index in [0.717, 1.165) is 38.8 Å². The van der Waals surface area contributed by atoms with Crippen LogP contribution in [0.5, 0.6) is 0 Å². The molecule has 7 aromatic rings. The highest BCUT2D eigenvalue weighted by molar-refractivity contribution is 6.03. The summed E-state index contributed by atoms with van der Waals surface area (Å²) in [5.41, 5.74) is 11.6. The van der Waals surface area contributed by atoms with Crippen molar-refractivity contribution in [2.24, 2.45) is 0 Å². The van der Waals surface area contributed by atoms with Gasteiger partial charge in [-0.15, -0.1) is 0 Å². The topological polar surface area (TPSA) is 30.7 Å². The van der Waals surface area contributed by atoms with Gasteiger partial charge in [0.1, 0.15) is 0 Å². The first-order valence-electron chi connectivity index (χ1n) is 13.1. The number of pyridine rings is 2. The second kappa shape index (κ2) is 7.62. The van der Waals surface area contributed by atoms with Crippen LogP contribution >= 0.6 is 0 Å². The first kappa shape index (κ1) is 21.3. The van der Waals surface area contributed by atoms with Crippen LogP contribution in [0, 0.1) is 0 Å². The lowest BCUT2D eigenvalue weighted by atomic mass is 9.81. The maximum atomic E-state index is 5.12. The van der Waals surface area contributed by atoms with Crippen molar-refractivity contribution in [3.8, 4) is 28.2 Å². The van der Waals surface area contributed by atoms with Crippen molar-refractivity contribution in [1.82, 2.24) is 14.5 Å². The molecule has 1 aliphatic rings. The molecule has 0 unspecified atom stereocenters. The first-order chi connectivity index (χ1) is 18.6. The van der Waals surface area contributed by atoms with Gasteiger partial charge in [0, 0.05) is 44.6 Å². The number of hydrogen-bond acceptors (Lipinski definition) is 2. The van der Waals surface area contributed by atoms with E-state index >= 15 is 0 Å². The van der Waals surface area contributed by atoms with Gasteiger partial charge < -0.3 is 4.57 Å². The van der Waals surface area contributed by atoms with Crippen molar-refractivity contribution < 1.29 is 0 Å². The van der Waals surface area contributed by atoms with Crippen LogP contribution in [0.15, 0.2) is 115 Å². The quantitative estimate of drug-likeness (QED) is 0.228. The van der Waals surface area contributed by atoms with Crippen molar-refractivity contribution >= 4 is 32.7 Å². The fraction of sp³-hybridized carbons (Fsp3) is 0.0857. The third-order valence-electron chi connectivity index (χ3n) is 8.19. The van der Waals surface area contributed by atoms with E-state index in [-0.39, 0.29) is 5.41 Å². The number of aromatic nitrogens is 3. The van der Waals surface area contributed by atoms with Gasteiger partial charge in [0.25, 0.3) is 0 Å². The zero-order chi connectivity index (χ0) is 25.4. The molecule has 0 amide bonds. The van der Waals surface area contributed by atoms with Crippen LogP contribution in [-0.2, 0) is 5.41 Å². The average molecular weight is 488 g/mol. The van der Waals surface area contributed by atoms with Gasteiger partial charge in [0.05, 0.1) is 27.9 Å². The highest BCUT2D eigenvalue weighted by Crippen LogP contribution is 2.53. The van der Waals surface area contributed by atoms with Crippen LogP contribution in [-0.4, -0.2) is 14.5 Å². The Kier molecular flexibility index (Phi) is 4.28. The van der Waals surface area contributed by atoms with Gasteiger partial charge in [-0.3, -0.25) is 4.98 Å². The molecule has 0 fully saturated rings. The molecule has 8 rings (SSSR count). The number of para-hydroxylation sites is 1. The van der Waals surface area contributed by atoms with Crippen molar-refractivity contribution in [2.75, 3.05) is 0 Å². The van der Waals surface area contributed by atoms with E-state index in [2.05, 4.69) is 127 Å². The summed E-state index contributed by atoms with van der Waals surface area (Å²) in [5, 5.41) is 3.52. The normalized spacial score (nSPS) is 13.7. The largest absolute Gasteiger partial charge is 0.309 e. The smallest absolute Gasteiger partial charge is 0.0972 e. The summed E-state index contributed by atoms with van der Waals surface area (Å²) >= 11 is 0. The zero-order valence-electron chi connectivity index (χ0n) is 21.3. The molecule has 0 saturated carbocycles. The number of rotatable bonds is 2. The van der Waals surface area contributed by atoms with Crippen LogP contribution < -0.4 is 0 Å². The van der Waals surface area contributed by atoms with E-state index in [1.165, 1.54) is 33.3 Å². The summed E-state index contributed by atoms with van der Waals surface area (Å²) < 4.78 is 2.44. The van der Waals surface area contributed by atoms with E-state index in [0.29, 0.717) is 0 Å². The summed E-state index contributed by atoms with van der Waals surface area (Å²) in [6, 6.07) is 39.0. The number of nitrogens with zero attached hydrogens (tertiary/aromatic N) is 3. The first-order valence-corrected chi connectivity index (χ1v) is 13.1. The van der Waals surface area contributed by atoms with Gasteiger partial charge in [-0.25, -0.2) is 4.98 Å². The lowest BCUT2D eigenvalue weighted by Crippen LogP contribution is -2.14. The van der Waals surface area contributed by atoms with Crippen molar-refractivity contribution in [3.63, 3.8) is 0 Å². The summed E-state index contributed by atoms with van der Waals surface area (Å²) in [6.45, 7) is 4.70. The molecule has 3 nitrogen and oxygen atoms in total. The molecule has 0 saturated heterocycles. The second-order valence-electron chi connectivity index (χ2n) is 10.7. The molecule has 3 aromatic heterocycles. The van der Waals surface area contributed by atoms with Gasteiger partial charge in [-0.2, -0.15) is 0 Å². The Morgan fingerprint density at radius 1 is 0.684 bits per heavy atom. The lowest BCUT2D eigenvalue weighted by molar-refractivity contribution is 0.666. The monoisotopic (exact) mass is 487 g/mol. The third kappa shape index (κ3) is 2.84. The fourth-order valence-electron chi connectivity index (χ4n) is 6.45. The Morgan fingerprint density at radius 3 is 2.39 bits per heavy atom. The molecular formula is C35H25N3. The Balaban J connectivity index is 1.38. The molecule has 0 atom stereocenters. The minimum absolute atomic E-state index is 0.0671. The number of benzene rings is 4. The van der Waals surface area contributed by atoms with Crippen LogP contribution in [0.4, 0.5) is 0 Å². The standard InChI is InChI=1S/C35H25N3/c1-35(2)28-14-5-3-12-26(28)34-31(35)27-13-4-6-15-30(27)38(34)25-11-7-9-24(21-25)29-19-18-23-17-16-22-10-8-20-36-32(22)33(23)37-29/h3-21H,1-2H3.